The minimum absolute atomic E-state index is 1.10. The number of rotatable bonds is 4. The van der Waals surface area contributed by atoms with Crippen molar-refractivity contribution in [3.05, 3.63) is 153 Å². The van der Waals surface area contributed by atoms with Gasteiger partial charge in [-0.15, -0.1) is 0 Å². The zero-order valence-corrected chi connectivity index (χ0v) is 25.8. The second kappa shape index (κ2) is 11.1. The summed E-state index contributed by atoms with van der Waals surface area (Å²) in [7, 11) is 0. The van der Waals surface area contributed by atoms with Crippen molar-refractivity contribution in [3.8, 4) is 0 Å². The van der Waals surface area contributed by atoms with E-state index in [-0.39, 0.29) is 0 Å². The van der Waals surface area contributed by atoms with E-state index < -0.39 is 0 Å². The van der Waals surface area contributed by atoms with Crippen molar-refractivity contribution in [1.82, 2.24) is 9.97 Å². The fourth-order valence-corrected chi connectivity index (χ4v) is 7.55. The van der Waals surface area contributed by atoms with Crippen LogP contribution >= 0.6 is 0 Å². The minimum atomic E-state index is 1.10. The normalized spacial score (nSPS) is 16.0. The Balaban J connectivity index is 1.28. The highest BCUT2D eigenvalue weighted by molar-refractivity contribution is 5.91. The molecule has 0 fully saturated rings. The van der Waals surface area contributed by atoms with E-state index in [4.69, 9.17) is 0 Å². The van der Waals surface area contributed by atoms with Crippen LogP contribution in [-0.2, 0) is 6.42 Å². The third kappa shape index (κ3) is 4.69. The Bertz CT molecular complexity index is 2530. The van der Waals surface area contributed by atoms with Crippen LogP contribution in [0.4, 0.5) is 0 Å². The first-order valence-electron chi connectivity index (χ1n) is 16.5. The lowest BCUT2D eigenvalue weighted by Gasteiger charge is -2.10. The molecule has 9 rings (SSSR count). The van der Waals surface area contributed by atoms with Gasteiger partial charge in [0.1, 0.15) is 12.8 Å². The summed E-state index contributed by atoms with van der Waals surface area (Å²) < 4.78 is 4.90. The standard InChI is InChI=1S/C42H36N4/c1-3-11-37-35(9-1)33(26-43-37)16-14-29-20-23-46-28-30(15-17-34-27-44-38-12-4-2-10-36(34)38)24-32-19-18-31-8-7-22-45-21-6-5-13-39(45)41(31)42(32)40(46)25-29/h1-4,9-12,14-21,23-28,43-44H,5-8,13,22H2/q+2/b16-14+,17-15+. The Morgan fingerprint density at radius 3 is 2.26 bits per heavy atom. The third-order valence-corrected chi connectivity index (χ3v) is 9.80. The molecule has 0 spiro atoms. The third-order valence-electron chi connectivity index (χ3n) is 9.80. The van der Waals surface area contributed by atoms with Crippen LogP contribution in [0.1, 0.15) is 53.5 Å². The van der Waals surface area contributed by atoms with Gasteiger partial charge in [0, 0.05) is 71.2 Å². The number of hydrogen-bond donors (Lipinski definition) is 2. The largest absolute Gasteiger partial charge is 0.361 e. The molecule has 0 bridgehead atoms. The molecule has 222 valence electrons. The smallest absolute Gasteiger partial charge is 0.219 e. The monoisotopic (exact) mass is 596 g/mol. The number of para-hydroxylation sites is 2. The number of H-pyrrole nitrogens is 2. The molecular formula is C42H36N4+2. The molecule has 0 saturated heterocycles. The van der Waals surface area contributed by atoms with Gasteiger partial charge >= 0.3 is 0 Å². The molecule has 0 unspecified atom stereocenters. The SMILES string of the molecule is C1=C(/C=C/c2c[nH]c3ccccc23)C=[n+]2ccc(/C=C/c3c[nH]c4ccccc34)cc2=c2c1ccc1c2=C2CCCC=[N+]2CCC1. The minimum Gasteiger partial charge on any atom is -0.361 e. The van der Waals surface area contributed by atoms with Gasteiger partial charge in [-0.05, 0) is 64.9 Å². The van der Waals surface area contributed by atoms with E-state index in [9.17, 15) is 0 Å². The number of aromatic amines is 2. The Kier molecular flexibility index (Phi) is 6.52. The van der Waals surface area contributed by atoms with Gasteiger partial charge in [-0.1, -0.05) is 66.8 Å². The molecule has 0 atom stereocenters. The molecule has 6 aromatic rings. The van der Waals surface area contributed by atoms with Crippen molar-refractivity contribution in [3.63, 3.8) is 0 Å². The Morgan fingerprint density at radius 1 is 0.696 bits per heavy atom. The molecule has 3 aromatic heterocycles. The molecule has 46 heavy (non-hydrogen) atoms. The Hall–Kier alpha value is -5.48. The first-order valence-corrected chi connectivity index (χ1v) is 16.5. The number of aryl methyl sites for hydroxylation is 1. The fraction of sp³-hybridized carbons (Fsp3) is 0.143. The van der Waals surface area contributed by atoms with E-state index in [2.05, 4.69) is 153 Å². The molecule has 0 saturated carbocycles. The predicted octanol–water partition coefficient (Wildman–Crippen LogP) is 7.84. The summed E-state index contributed by atoms with van der Waals surface area (Å²) in [4.78, 5) is 6.83. The van der Waals surface area contributed by atoms with Crippen LogP contribution in [0.5, 0.6) is 0 Å². The van der Waals surface area contributed by atoms with Crippen LogP contribution in [0.15, 0.2) is 103 Å². The first kappa shape index (κ1) is 26.9. The van der Waals surface area contributed by atoms with E-state index >= 15 is 0 Å². The van der Waals surface area contributed by atoms with Crippen molar-refractivity contribution in [2.45, 2.75) is 32.1 Å². The molecule has 4 nitrogen and oxygen atoms in total. The van der Waals surface area contributed by atoms with Crippen LogP contribution < -0.4 is 9.46 Å². The summed E-state index contributed by atoms with van der Waals surface area (Å²) in [5.41, 5.74) is 11.3. The van der Waals surface area contributed by atoms with Crippen LogP contribution in [0.2, 0.25) is 0 Å². The first-order chi connectivity index (χ1) is 22.8. The number of nitrogens with zero attached hydrogens (tertiary/aromatic N) is 2. The summed E-state index contributed by atoms with van der Waals surface area (Å²) in [5.74, 6) is 0. The summed E-state index contributed by atoms with van der Waals surface area (Å²) in [6.45, 7) is 1.10. The molecule has 2 N–H and O–H groups in total. The number of hydrogen-bond acceptors (Lipinski definition) is 0. The lowest BCUT2D eigenvalue weighted by atomic mass is 9.97. The fourth-order valence-electron chi connectivity index (χ4n) is 7.55. The molecule has 3 aromatic carbocycles. The van der Waals surface area contributed by atoms with Crippen LogP contribution in [0.25, 0.3) is 51.8 Å². The van der Waals surface area contributed by atoms with Gasteiger partial charge in [-0.2, -0.15) is 4.24 Å². The molecule has 3 aliphatic rings. The van der Waals surface area contributed by atoms with Gasteiger partial charge in [-0.3, -0.25) is 0 Å². The maximum Gasteiger partial charge on any atom is 0.219 e. The molecule has 0 radical (unpaired) electrons. The van der Waals surface area contributed by atoms with Crippen molar-refractivity contribution >= 4 is 58.0 Å². The number of aromatic nitrogens is 3. The Morgan fingerprint density at radius 2 is 1.46 bits per heavy atom. The molecule has 0 amide bonds. The van der Waals surface area contributed by atoms with E-state index in [0.717, 1.165) is 30.4 Å². The highest BCUT2D eigenvalue weighted by atomic mass is 15.0. The lowest BCUT2D eigenvalue weighted by molar-refractivity contribution is -0.519. The van der Waals surface area contributed by atoms with Crippen LogP contribution in [-0.4, -0.2) is 27.3 Å². The Labute approximate surface area is 267 Å². The lowest BCUT2D eigenvalue weighted by Crippen LogP contribution is -2.26. The van der Waals surface area contributed by atoms with Crippen LogP contribution in [0, 0.1) is 16.8 Å². The van der Waals surface area contributed by atoms with E-state index in [0.29, 0.717) is 0 Å². The second-order valence-corrected chi connectivity index (χ2v) is 12.7. The van der Waals surface area contributed by atoms with Gasteiger partial charge in [-0.25, -0.2) is 4.58 Å². The number of pyridine rings is 1. The zero-order chi connectivity index (χ0) is 30.5. The summed E-state index contributed by atoms with van der Waals surface area (Å²) in [6, 6.07) is 26.3. The van der Waals surface area contributed by atoms with E-state index in [1.807, 2.05) is 0 Å². The van der Waals surface area contributed by atoms with Crippen molar-refractivity contribution < 1.29 is 8.82 Å². The van der Waals surface area contributed by atoms with Gasteiger partial charge in [0.2, 0.25) is 5.35 Å². The predicted molar refractivity (Wildman–Crippen MR) is 189 cm³/mol. The van der Waals surface area contributed by atoms with Crippen molar-refractivity contribution in [1.29, 1.82) is 0 Å². The quantitative estimate of drug-likeness (QED) is 0.195. The number of fused-ring (bicyclic) bond motifs is 7. The number of nitrogens with one attached hydrogen (secondary N) is 2. The van der Waals surface area contributed by atoms with Gasteiger partial charge < -0.3 is 9.97 Å². The van der Waals surface area contributed by atoms with Gasteiger partial charge in [0.15, 0.2) is 18.1 Å². The highest BCUT2D eigenvalue weighted by Gasteiger charge is 2.25. The molecular weight excluding hydrogens is 560 g/mol. The second-order valence-electron chi connectivity index (χ2n) is 12.7. The summed E-state index contributed by atoms with van der Waals surface area (Å²) in [5, 5.41) is 6.52. The average molecular weight is 597 g/mol. The van der Waals surface area contributed by atoms with Gasteiger partial charge in [0.05, 0.1) is 10.4 Å². The number of allylic oxidation sites excluding steroid dienone is 2. The molecule has 3 aliphatic heterocycles. The average Bonchev–Trinajstić information content (AvgIpc) is 3.60. The van der Waals surface area contributed by atoms with Crippen LogP contribution in [0.3, 0.4) is 0 Å². The van der Waals surface area contributed by atoms with E-state index in [1.165, 1.54) is 84.9 Å². The summed E-state index contributed by atoms with van der Waals surface area (Å²) >= 11 is 0. The maximum atomic E-state index is 3.42. The molecule has 0 aliphatic carbocycles. The van der Waals surface area contributed by atoms with Crippen molar-refractivity contribution in [2.24, 2.45) is 0 Å². The maximum absolute atomic E-state index is 3.42. The van der Waals surface area contributed by atoms with Gasteiger partial charge in [0.25, 0.3) is 0 Å². The van der Waals surface area contributed by atoms with E-state index in [1.54, 1.807) is 0 Å². The highest BCUT2D eigenvalue weighted by Crippen LogP contribution is 2.24. The summed E-state index contributed by atoms with van der Waals surface area (Å²) in [6.07, 6.45) is 28.3. The molecule has 4 heteroatoms. The van der Waals surface area contributed by atoms with Crippen molar-refractivity contribution in [2.75, 3.05) is 6.54 Å². The topological polar surface area (TPSA) is 40.5 Å². The molecule has 6 heterocycles. The number of benzene rings is 3. The zero-order valence-electron chi connectivity index (χ0n) is 25.8.